The molecule has 1 N–H and O–H groups in total. The van der Waals surface area contributed by atoms with Gasteiger partial charge in [-0.15, -0.1) is 0 Å². The lowest BCUT2D eigenvalue weighted by Gasteiger charge is -2.29. The molecule has 1 heterocycles. The Kier molecular flexibility index (Phi) is 4.55. The summed E-state index contributed by atoms with van der Waals surface area (Å²) in [4.78, 5) is 24.1. The second-order valence-electron chi connectivity index (χ2n) is 5.03. The van der Waals surface area contributed by atoms with Crippen LogP contribution in [-0.2, 0) is 4.79 Å². The van der Waals surface area contributed by atoms with E-state index < -0.39 is 4.92 Å². The third kappa shape index (κ3) is 3.46. The number of hydrogen-bond acceptors (Lipinski definition) is 4. The van der Waals surface area contributed by atoms with Crippen LogP contribution in [0.1, 0.15) is 32.6 Å². The zero-order valence-electron chi connectivity index (χ0n) is 11.5. The summed E-state index contributed by atoms with van der Waals surface area (Å²) in [6.07, 6.45) is 3.45. The van der Waals surface area contributed by atoms with Crippen LogP contribution in [0, 0.1) is 10.1 Å². The fourth-order valence-electron chi connectivity index (χ4n) is 2.44. The quantitative estimate of drug-likeness (QED) is 0.678. The van der Waals surface area contributed by atoms with E-state index in [1.165, 1.54) is 12.1 Å². The van der Waals surface area contributed by atoms with Crippen LogP contribution < -0.4 is 5.32 Å². The number of non-ortho nitro benzene ring substituents is 1. The molecular formula is C14H19N3O3. The number of anilines is 1. The van der Waals surface area contributed by atoms with E-state index in [4.69, 9.17) is 0 Å². The summed E-state index contributed by atoms with van der Waals surface area (Å²) >= 11 is 0. The zero-order chi connectivity index (χ0) is 14.5. The first-order valence-electron chi connectivity index (χ1n) is 6.88. The van der Waals surface area contributed by atoms with Crippen molar-refractivity contribution in [2.24, 2.45) is 0 Å². The van der Waals surface area contributed by atoms with Gasteiger partial charge < -0.3 is 10.2 Å². The topological polar surface area (TPSA) is 75.5 Å². The second-order valence-corrected chi connectivity index (χ2v) is 5.03. The molecule has 1 saturated heterocycles. The van der Waals surface area contributed by atoms with E-state index >= 15 is 0 Å². The molecule has 0 saturated carbocycles. The third-order valence-corrected chi connectivity index (χ3v) is 3.51. The lowest BCUT2D eigenvalue weighted by molar-refractivity contribution is -0.384. The molecule has 1 aliphatic heterocycles. The number of nitro benzene ring substituents is 1. The average molecular weight is 277 g/mol. The Bertz CT molecular complexity index is 504. The number of nitro groups is 1. The number of nitrogens with zero attached hydrogens (tertiary/aromatic N) is 2. The highest BCUT2D eigenvalue weighted by molar-refractivity contribution is 5.77. The Morgan fingerprint density at radius 2 is 2.15 bits per heavy atom. The molecule has 0 bridgehead atoms. The normalized spacial score (nSPS) is 17.4. The smallest absolute Gasteiger partial charge is 0.271 e. The monoisotopic (exact) mass is 277 g/mol. The molecule has 2 rings (SSSR count). The number of likely N-dealkylation sites (tertiary alicyclic amines) is 1. The molecule has 1 aliphatic rings. The van der Waals surface area contributed by atoms with E-state index in [0.717, 1.165) is 25.8 Å². The molecule has 0 spiro atoms. The number of hydrogen-bond donors (Lipinski definition) is 1. The van der Waals surface area contributed by atoms with Crippen molar-refractivity contribution >= 4 is 17.3 Å². The van der Waals surface area contributed by atoms with Gasteiger partial charge in [0.1, 0.15) is 0 Å². The predicted octanol–water partition coefficient (Wildman–Crippen LogP) is 2.76. The van der Waals surface area contributed by atoms with Gasteiger partial charge in [0, 0.05) is 30.8 Å². The molecule has 6 nitrogen and oxygen atoms in total. The third-order valence-electron chi connectivity index (χ3n) is 3.51. The van der Waals surface area contributed by atoms with Gasteiger partial charge in [-0.1, -0.05) is 12.5 Å². The van der Waals surface area contributed by atoms with Crippen LogP contribution in [-0.4, -0.2) is 28.4 Å². The summed E-state index contributed by atoms with van der Waals surface area (Å²) in [6, 6.07) is 6.34. The first kappa shape index (κ1) is 14.3. The maximum atomic E-state index is 12.0. The lowest BCUT2D eigenvalue weighted by Crippen LogP contribution is -2.42. The maximum absolute atomic E-state index is 12.0. The number of carbonyl (C=O) groups is 1. The Morgan fingerprint density at radius 3 is 2.90 bits per heavy atom. The summed E-state index contributed by atoms with van der Waals surface area (Å²) in [7, 11) is 0. The number of amides is 1. The van der Waals surface area contributed by atoms with Crippen molar-refractivity contribution in [2.75, 3.05) is 11.9 Å². The SMILES string of the molecule is CC(Nc1cccc([N+](=O)[O-])c1)N1CCCCCC1=O. The van der Waals surface area contributed by atoms with Crippen molar-refractivity contribution in [1.29, 1.82) is 0 Å². The summed E-state index contributed by atoms with van der Waals surface area (Å²) in [5, 5.41) is 13.9. The van der Waals surface area contributed by atoms with E-state index in [0.29, 0.717) is 12.1 Å². The average Bonchev–Trinajstić information content (AvgIpc) is 2.63. The minimum absolute atomic E-state index is 0.0457. The van der Waals surface area contributed by atoms with Crippen molar-refractivity contribution < 1.29 is 9.72 Å². The van der Waals surface area contributed by atoms with Crippen LogP contribution in [0.2, 0.25) is 0 Å². The highest BCUT2D eigenvalue weighted by Crippen LogP contribution is 2.20. The van der Waals surface area contributed by atoms with Crippen molar-refractivity contribution in [1.82, 2.24) is 4.90 Å². The molecule has 108 valence electrons. The largest absolute Gasteiger partial charge is 0.365 e. The van der Waals surface area contributed by atoms with Gasteiger partial charge in [0.05, 0.1) is 11.1 Å². The van der Waals surface area contributed by atoms with E-state index in [9.17, 15) is 14.9 Å². The molecule has 1 atom stereocenters. The Balaban J connectivity index is 2.06. The first-order chi connectivity index (χ1) is 9.58. The minimum Gasteiger partial charge on any atom is -0.365 e. The maximum Gasteiger partial charge on any atom is 0.271 e. The van der Waals surface area contributed by atoms with Crippen LogP contribution in [0.5, 0.6) is 0 Å². The van der Waals surface area contributed by atoms with E-state index in [2.05, 4.69) is 5.32 Å². The Hall–Kier alpha value is -2.11. The van der Waals surface area contributed by atoms with Gasteiger partial charge in [-0.05, 0) is 25.8 Å². The van der Waals surface area contributed by atoms with E-state index in [1.54, 1.807) is 12.1 Å². The van der Waals surface area contributed by atoms with Gasteiger partial charge in [0.15, 0.2) is 0 Å². The number of rotatable bonds is 4. The van der Waals surface area contributed by atoms with E-state index in [-0.39, 0.29) is 17.8 Å². The minimum atomic E-state index is -0.424. The van der Waals surface area contributed by atoms with Crippen LogP contribution in [0.25, 0.3) is 0 Å². The lowest BCUT2D eigenvalue weighted by atomic mass is 10.2. The van der Waals surface area contributed by atoms with Gasteiger partial charge in [-0.3, -0.25) is 14.9 Å². The van der Waals surface area contributed by atoms with E-state index in [1.807, 2.05) is 11.8 Å². The van der Waals surface area contributed by atoms with Crippen molar-refractivity contribution in [3.8, 4) is 0 Å². The van der Waals surface area contributed by atoms with Gasteiger partial charge in [-0.2, -0.15) is 0 Å². The predicted molar refractivity (Wildman–Crippen MR) is 76.4 cm³/mol. The second kappa shape index (κ2) is 6.36. The molecule has 1 fully saturated rings. The summed E-state index contributed by atoms with van der Waals surface area (Å²) < 4.78 is 0. The summed E-state index contributed by atoms with van der Waals surface area (Å²) in [5.74, 6) is 0.146. The molecule has 1 unspecified atom stereocenters. The van der Waals surface area contributed by atoms with Gasteiger partial charge >= 0.3 is 0 Å². The van der Waals surface area contributed by atoms with Crippen LogP contribution >= 0.6 is 0 Å². The van der Waals surface area contributed by atoms with Gasteiger partial charge in [0.2, 0.25) is 5.91 Å². The Morgan fingerprint density at radius 1 is 1.35 bits per heavy atom. The summed E-state index contributed by atoms with van der Waals surface area (Å²) in [5.41, 5.74) is 0.702. The highest BCUT2D eigenvalue weighted by atomic mass is 16.6. The van der Waals surface area contributed by atoms with Crippen molar-refractivity contribution in [2.45, 2.75) is 38.8 Å². The zero-order valence-corrected chi connectivity index (χ0v) is 11.5. The van der Waals surface area contributed by atoms with Crippen LogP contribution in [0.4, 0.5) is 11.4 Å². The molecule has 1 amide bonds. The van der Waals surface area contributed by atoms with Gasteiger partial charge in [0.25, 0.3) is 5.69 Å². The standard InChI is InChI=1S/C14H19N3O3/c1-11(16-9-4-2-3-8-14(16)18)15-12-6-5-7-13(10-12)17(19)20/h5-7,10-11,15H,2-4,8-9H2,1H3. The first-order valence-corrected chi connectivity index (χ1v) is 6.88. The molecule has 20 heavy (non-hydrogen) atoms. The van der Waals surface area contributed by atoms with Gasteiger partial charge in [-0.25, -0.2) is 0 Å². The van der Waals surface area contributed by atoms with Crippen molar-refractivity contribution in [3.05, 3.63) is 34.4 Å². The molecule has 1 aromatic rings. The molecule has 0 aliphatic carbocycles. The number of nitrogens with one attached hydrogen (secondary N) is 1. The molecular weight excluding hydrogens is 258 g/mol. The number of benzene rings is 1. The fraction of sp³-hybridized carbons (Fsp3) is 0.500. The number of carbonyl (C=O) groups excluding carboxylic acids is 1. The van der Waals surface area contributed by atoms with Crippen LogP contribution in [0.15, 0.2) is 24.3 Å². The molecule has 1 aromatic carbocycles. The highest BCUT2D eigenvalue weighted by Gasteiger charge is 2.21. The summed E-state index contributed by atoms with van der Waals surface area (Å²) in [6.45, 7) is 2.64. The van der Waals surface area contributed by atoms with Crippen molar-refractivity contribution in [3.63, 3.8) is 0 Å². The molecule has 6 heteroatoms. The molecule has 0 aromatic heterocycles. The van der Waals surface area contributed by atoms with Crippen LogP contribution in [0.3, 0.4) is 0 Å². The Labute approximate surface area is 117 Å². The molecule has 0 radical (unpaired) electrons. The fourth-order valence-corrected chi connectivity index (χ4v) is 2.44.